The van der Waals surface area contributed by atoms with Crippen molar-refractivity contribution < 1.29 is 27.4 Å². The van der Waals surface area contributed by atoms with Crippen molar-refractivity contribution in [2.24, 2.45) is 5.41 Å². The van der Waals surface area contributed by atoms with Crippen molar-refractivity contribution in [2.45, 2.75) is 52.1 Å². The first-order valence-corrected chi connectivity index (χ1v) is 11.0. The second-order valence-electron chi connectivity index (χ2n) is 7.88. The maximum Gasteiger partial charge on any atom is 0.433 e. The standard InChI is InChI=1S/C22H34F3N3O3/c1-3-20(29)28(19-8-5-7-18(27-19)22(23,24)25)17-21(10-14-31-15-11-21)9-6-12-26-13-16-30-4-2/h5,7-8,26H,3-4,6,9-17H2,1-2H3. The monoisotopic (exact) mass is 445 g/mol. The van der Waals surface area contributed by atoms with E-state index in [0.29, 0.717) is 33.0 Å². The van der Waals surface area contributed by atoms with Crippen molar-refractivity contribution in [1.29, 1.82) is 0 Å². The highest BCUT2D eigenvalue weighted by Crippen LogP contribution is 2.38. The molecule has 6 nitrogen and oxygen atoms in total. The Morgan fingerprint density at radius 3 is 2.65 bits per heavy atom. The molecule has 176 valence electrons. The number of nitrogens with zero attached hydrogens (tertiary/aromatic N) is 2. The van der Waals surface area contributed by atoms with Gasteiger partial charge in [-0.15, -0.1) is 0 Å². The van der Waals surface area contributed by atoms with Crippen LogP contribution in [-0.4, -0.2) is 57.0 Å². The minimum absolute atomic E-state index is 0.0578. The van der Waals surface area contributed by atoms with Crippen LogP contribution in [-0.2, 0) is 20.4 Å². The molecule has 1 aromatic heterocycles. The summed E-state index contributed by atoms with van der Waals surface area (Å²) in [5, 5.41) is 3.35. The van der Waals surface area contributed by atoms with Gasteiger partial charge in [-0.25, -0.2) is 4.98 Å². The Labute approximate surface area is 182 Å². The molecule has 1 fully saturated rings. The van der Waals surface area contributed by atoms with Crippen LogP contribution in [0, 0.1) is 5.41 Å². The Bertz CT molecular complexity index is 679. The van der Waals surface area contributed by atoms with Crippen molar-refractivity contribution in [2.75, 3.05) is 51.0 Å². The van der Waals surface area contributed by atoms with Crippen molar-refractivity contribution in [3.63, 3.8) is 0 Å². The second-order valence-corrected chi connectivity index (χ2v) is 7.88. The van der Waals surface area contributed by atoms with Gasteiger partial charge in [-0.1, -0.05) is 13.0 Å². The predicted molar refractivity (Wildman–Crippen MR) is 113 cm³/mol. The van der Waals surface area contributed by atoms with Gasteiger partial charge < -0.3 is 14.8 Å². The zero-order valence-electron chi connectivity index (χ0n) is 18.5. The molecule has 1 amide bonds. The number of anilines is 1. The third-order valence-electron chi connectivity index (χ3n) is 5.64. The average Bonchev–Trinajstić information content (AvgIpc) is 2.76. The predicted octanol–water partition coefficient (Wildman–Crippen LogP) is 4.05. The van der Waals surface area contributed by atoms with Gasteiger partial charge in [-0.05, 0) is 56.7 Å². The molecule has 0 aliphatic carbocycles. The Balaban J connectivity index is 2.12. The number of amides is 1. The normalized spacial score (nSPS) is 16.3. The van der Waals surface area contributed by atoms with Crippen molar-refractivity contribution in [3.05, 3.63) is 23.9 Å². The first kappa shape index (κ1) is 25.5. The number of hydrogen-bond donors (Lipinski definition) is 1. The maximum atomic E-state index is 13.2. The molecule has 2 heterocycles. The van der Waals surface area contributed by atoms with Gasteiger partial charge in [0.1, 0.15) is 11.5 Å². The van der Waals surface area contributed by atoms with Crippen molar-refractivity contribution in [3.8, 4) is 0 Å². The molecule has 1 saturated heterocycles. The first-order chi connectivity index (χ1) is 14.8. The quantitative estimate of drug-likeness (QED) is 0.492. The minimum Gasteiger partial charge on any atom is -0.381 e. The van der Waals surface area contributed by atoms with E-state index in [-0.39, 0.29) is 23.6 Å². The van der Waals surface area contributed by atoms with Gasteiger partial charge in [0, 0.05) is 39.3 Å². The Kier molecular flexibility index (Phi) is 10.2. The molecule has 0 spiro atoms. The van der Waals surface area contributed by atoms with Crippen LogP contribution in [0.15, 0.2) is 18.2 Å². The summed E-state index contributed by atoms with van der Waals surface area (Å²) in [6.45, 7) is 8.13. The minimum atomic E-state index is -4.56. The molecule has 0 unspecified atom stereocenters. The van der Waals surface area contributed by atoms with E-state index in [4.69, 9.17) is 9.47 Å². The van der Waals surface area contributed by atoms with Gasteiger partial charge in [0.2, 0.25) is 5.91 Å². The lowest BCUT2D eigenvalue weighted by Gasteiger charge is -2.41. The van der Waals surface area contributed by atoms with Gasteiger partial charge in [0.15, 0.2) is 0 Å². The van der Waals surface area contributed by atoms with E-state index in [1.165, 1.54) is 17.0 Å². The van der Waals surface area contributed by atoms with E-state index in [0.717, 1.165) is 44.8 Å². The smallest absolute Gasteiger partial charge is 0.381 e. The molecule has 2 rings (SSSR count). The van der Waals surface area contributed by atoms with Crippen LogP contribution in [0.25, 0.3) is 0 Å². The van der Waals surface area contributed by atoms with Gasteiger partial charge in [0.25, 0.3) is 0 Å². The van der Waals surface area contributed by atoms with Crippen LogP contribution in [0.5, 0.6) is 0 Å². The summed E-state index contributed by atoms with van der Waals surface area (Å²) in [4.78, 5) is 17.9. The lowest BCUT2D eigenvalue weighted by Crippen LogP contribution is -2.45. The second kappa shape index (κ2) is 12.4. The Morgan fingerprint density at radius 2 is 2.00 bits per heavy atom. The van der Waals surface area contributed by atoms with E-state index in [1.54, 1.807) is 6.92 Å². The van der Waals surface area contributed by atoms with E-state index < -0.39 is 11.9 Å². The van der Waals surface area contributed by atoms with Crippen LogP contribution in [0.3, 0.4) is 0 Å². The molecule has 0 saturated carbocycles. The van der Waals surface area contributed by atoms with E-state index in [9.17, 15) is 18.0 Å². The SMILES string of the molecule is CCOCCNCCCC1(CN(C(=O)CC)c2cccc(C(F)(F)F)n2)CCOCC1. The molecule has 1 N–H and O–H groups in total. The number of halogens is 3. The van der Waals surface area contributed by atoms with Crippen LogP contribution in [0.2, 0.25) is 0 Å². The Hall–Kier alpha value is -1.71. The summed E-state index contributed by atoms with van der Waals surface area (Å²) < 4.78 is 50.3. The number of carbonyl (C=O) groups excluding carboxylic acids is 1. The van der Waals surface area contributed by atoms with Gasteiger partial charge in [-0.2, -0.15) is 13.2 Å². The molecule has 0 atom stereocenters. The number of carbonyl (C=O) groups is 1. The maximum absolute atomic E-state index is 13.2. The van der Waals surface area contributed by atoms with E-state index in [1.807, 2.05) is 6.92 Å². The van der Waals surface area contributed by atoms with Crippen LogP contribution >= 0.6 is 0 Å². The molecule has 1 aliphatic heterocycles. The molecule has 0 bridgehead atoms. The fourth-order valence-electron chi connectivity index (χ4n) is 3.85. The van der Waals surface area contributed by atoms with Gasteiger partial charge in [-0.3, -0.25) is 9.69 Å². The van der Waals surface area contributed by atoms with Crippen LogP contribution in [0.4, 0.5) is 19.0 Å². The van der Waals surface area contributed by atoms with Crippen LogP contribution < -0.4 is 10.2 Å². The summed E-state index contributed by atoms with van der Waals surface area (Å²) in [6, 6.07) is 3.71. The fourth-order valence-corrected chi connectivity index (χ4v) is 3.85. The highest BCUT2D eigenvalue weighted by atomic mass is 19.4. The van der Waals surface area contributed by atoms with Gasteiger partial charge in [0.05, 0.1) is 6.61 Å². The largest absolute Gasteiger partial charge is 0.433 e. The molecular formula is C22H34F3N3O3. The summed E-state index contributed by atoms with van der Waals surface area (Å²) >= 11 is 0. The van der Waals surface area contributed by atoms with Crippen LogP contribution in [0.1, 0.15) is 51.6 Å². The third kappa shape index (κ3) is 8.05. The molecule has 1 aromatic rings. The number of alkyl halides is 3. The third-order valence-corrected chi connectivity index (χ3v) is 5.64. The number of rotatable bonds is 12. The topological polar surface area (TPSA) is 63.7 Å². The molecular weight excluding hydrogens is 411 g/mol. The highest BCUT2D eigenvalue weighted by molar-refractivity contribution is 5.92. The average molecular weight is 446 g/mol. The zero-order valence-corrected chi connectivity index (χ0v) is 18.5. The molecule has 1 aliphatic rings. The summed E-state index contributed by atoms with van der Waals surface area (Å²) in [5.41, 5.74) is -1.20. The number of pyridine rings is 1. The lowest BCUT2D eigenvalue weighted by molar-refractivity contribution is -0.141. The fraction of sp³-hybridized carbons (Fsp3) is 0.727. The van der Waals surface area contributed by atoms with Crippen molar-refractivity contribution >= 4 is 11.7 Å². The lowest BCUT2D eigenvalue weighted by atomic mass is 9.75. The van der Waals surface area contributed by atoms with Crippen molar-refractivity contribution in [1.82, 2.24) is 10.3 Å². The molecule has 9 heteroatoms. The van der Waals surface area contributed by atoms with E-state index >= 15 is 0 Å². The zero-order chi connectivity index (χ0) is 22.7. The summed E-state index contributed by atoms with van der Waals surface area (Å²) in [7, 11) is 0. The first-order valence-electron chi connectivity index (χ1n) is 11.0. The number of ether oxygens (including phenoxy) is 2. The molecule has 0 radical (unpaired) electrons. The molecule has 0 aromatic carbocycles. The number of hydrogen-bond acceptors (Lipinski definition) is 5. The van der Waals surface area contributed by atoms with Gasteiger partial charge >= 0.3 is 6.18 Å². The number of nitrogens with one attached hydrogen (secondary N) is 1. The Morgan fingerprint density at radius 1 is 1.26 bits per heavy atom. The highest BCUT2D eigenvalue weighted by Gasteiger charge is 2.37. The molecule has 31 heavy (non-hydrogen) atoms. The summed E-state index contributed by atoms with van der Waals surface area (Å²) in [6.07, 6.45) is -1.08. The number of aromatic nitrogens is 1. The van der Waals surface area contributed by atoms with E-state index in [2.05, 4.69) is 10.3 Å². The summed E-state index contributed by atoms with van der Waals surface area (Å²) in [5.74, 6) is -0.171.